The Morgan fingerprint density at radius 1 is 1.53 bits per heavy atom. The molecule has 1 aliphatic rings. The molecule has 7 nitrogen and oxygen atoms in total. The molecule has 1 aliphatic heterocycles. The first kappa shape index (κ1) is 14.0. The van der Waals surface area contributed by atoms with Gasteiger partial charge < -0.3 is 5.32 Å². The number of sulfonamides is 1. The second-order valence-electron chi connectivity index (χ2n) is 4.53. The first-order chi connectivity index (χ1) is 9.04. The van der Waals surface area contributed by atoms with Crippen molar-refractivity contribution in [2.24, 2.45) is 0 Å². The monoisotopic (exact) mass is 286 g/mol. The molecule has 2 rings (SSSR count). The van der Waals surface area contributed by atoms with Crippen molar-refractivity contribution >= 4 is 15.9 Å². The molecule has 0 aromatic carbocycles. The summed E-state index contributed by atoms with van der Waals surface area (Å²) in [5.41, 5.74) is 0. The van der Waals surface area contributed by atoms with Crippen molar-refractivity contribution in [3.63, 3.8) is 0 Å². The van der Waals surface area contributed by atoms with Crippen LogP contribution in [0.4, 0.5) is 0 Å². The van der Waals surface area contributed by atoms with Crippen LogP contribution in [0.3, 0.4) is 0 Å². The molecular formula is C11H18N4O3S. The summed E-state index contributed by atoms with van der Waals surface area (Å²) in [4.78, 5) is 11.5. The highest BCUT2D eigenvalue weighted by atomic mass is 32.2. The van der Waals surface area contributed by atoms with E-state index in [1.165, 1.54) is 16.7 Å². The van der Waals surface area contributed by atoms with Crippen LogP contribution in [-0.2, 0) is 14.8 Å². The highest BCUT2D eigenvalue weighted by Gasteiger charge is 2.30. The van der Waals surface area contributed by atoms with E-state index < -0.39 is 10.0 Å². The number of hydrogen-bond donors (Lipinski definition) is 2. The van der Waals surface area contributed by atoms with Crippen molar-refractivity contribution in [2.45, 2.75) is 37.1 Å². The zero-order valence-electron chi connectivity index (χ0n) is 10.8. The number of aromatic amines is 1. The molecule has 1 fully saturated rings. The van der Waals surface area contributed by atoms with E-state index in [9.17, 15) is 13.2 Å². The van der Waals surface area contributed by atoms with Gasteiger partial charge in [-0.25, -0.2) is 8.42 Å². The topological polar surface area (TPSA) is 95.2 Å². The summed E-state index contributed by atoms with van der Waals surface area (Å²) in [5, 5.41) is 9.06. The number of aromatic nitrogens is 2. The van der Waals surface area contributed by atoms with Crippen molar-refractivity contribution in [1.82, 2.24) is 19.8 Å². The summed E-state index contributed by atoms with van der Waals surface area (Å²) >= 11 is 0. The van der Waals surface area contributed by atoms with E-state index in [1.54, 1.807) is 6.92 Å². The largest absolute Gasteiger partial charge is 0.353 e. The van der Waals surface area contributed by atoms with Crippen LogP contribution in [0.15, 0.2) is 17.3 Å². The van der Waals surface area contributed by atoms with E-state index in [2.05, 4.69) is 15.5 Å². The van der Waals surface area contributed by atoms with Gasteiger partial charge in [-0.3, -0.25) is 9.89 Å². The van der Waals surface area contributed by atoms with E-state index in [4.69, 9.17) is 0 Å². The molecule has 106 valence electrons. The van der Waals surface area contributed by atoms with Crippen LogP contribution in [0.5, 0.6) is 0 Å². The third-order valence-corrected chi connectivity index (χ3v) is 5.12. The van der Waals surface area contributed by atoms with Crippen LogP contribution in [0, 0.1) is 0 Å². The maximum atomic E-state index is 12.2. The lowest BCUT2D eigenvalue weighted by molar-refractivity contribution is -0.121. The van der Waals surface area contributed by atoms with Crippen LogP contribution < -0.4 is 5.32 Å². The molecule has 0 bridgehead atoms. The lowest BCUT2D eigenvalue weighted by atomic mass is 10.1. The SMILES string of the molecule is CCC(=O)NC1CCN(S(=O)(=O)c2cn[nH]c2)CC1. The highest BCUT2D eigenvalue weighted by molar-refractivity contribution is 7.89. The van der Waals surface area contributed by atoms with E-state index in [-0.39, 0.29) is 16.8 Å². The van der Waals surface area contributed by atoms with Crippen LogP contribution in [0.1, 0.15) is 26.2 Å². The van der Waals surface area contributed by atoms with E-state index in [0.29, 0.717) is 32.4 Å². The van der Waals surface area contributed by atoms with E-state index in [0.717, 1.165) is 0 Å². The maximum absolute atomic E-state index is 12.2. The molecule has 0 unspecified atom stereocenters. The molecule has 1 aromatic rings. The van der Waals surface area contributed by atoms with Crippen molar-refractivity contribution in [3.8, 4) is 0 Å². The summed E-state index contributed by atoms with van der Waals surface area (Å²) in [7, 11) is -3.45. The quantitative estimate of drug-likeness (QED) is 0.820. The lowest BCUT2D eigenvalue weighted by Gasteiger charge is -2.31. The molecule has 19 heavy (non-hydrogen) atoms. The summed E-state index contributed by atoms with van der Waals surface area (Å²) in [6.07, 6.45) is 4.42. The molecular weight excluding hydrogens is 268 g/mol. The predicted molar refractivity (Wildman–Crippen MR) is 68.8 cm³/mol. The van der Waals surface area contributed by atoms with Gasteiger partial charge >= 0.3 is 0 Å². The molecule has 0 radical (unpaired) electrons. The number of carbonyl (C=O) groups is 1. The van der Waals surface area contributed by atoms with Crippen LogP contribution in [-0.4, -0.2) is 48.0 Å². The van der Waals surface area contributed by atoms with Gasteiger partial charge in [-0.15, -0.1) is 0 Å². The van der Waals surface area contributed by atoms with Crippen LogP contribution in [0.2, 0.25) is 0 Å². The Morgan fingerprint density at radius 3 is 2.74 bits per heavy atom. The zero-order valence-corrected chi connectivity index (χ0v) is 11.6. The highest BCUT2D eigenvalue weighted by Crippen LogP contribution is 2.19. The fraction of sp³-hybridized carbons (Fsp3) is 0.636. The summed E-state index contributed by atoms with van der Waals surface area (Å²) in [5.74, 6) is 0.0103. The number of carbonyl (C=O) groups excluding carboxylic acids is 1. The van der Waals surface area contributed by atoms with Crippen molar-refractivity contribution < 1.29 is 13.2 Å². The van der Waals surface area contributed by atoms with E-state index in [1.807, 2.05) is 0 Å². The summed E-state index contributed by atoms with van der Waals surface area (Å²) in [6.45, 7) is 2.64. The van der Waals surface area contributed by atoms with Gasteiger partial charge in [-0.1, -0.05) is 6.92 Å². The molecule has 1 aromatic heterocycles. The Hall–Kier alpha value is -1.41. The third kappa shape index (κ3) is 3.13. The zero-order chi connectivity index (χ0) is 13.9. The van der Waals surface area contributed by atoms with Gasteiger partial charge in [-0.2, -0.15) is 9.40 Å². The van der Waals surface area contributed by atoms with Gasteiger partial charge in [0, 0.05) is 31.7 Å². The maximum Gasteiger partial charge on any atom is 0.246 e. The smallest absolute Gasteiger partial charge is 0.246 e. The Balaban J connectivity index is 1.95. The third-order valence-electron chi connectivity index (χ3n) is 3.25. The minimum Gasteiger partial charge on any atom is -0.353 e. The standard InChI is InChI=1S/C11H18N4O3S/c1-2-11(16)14-9-3-5-15(6-4-9)19(17,18)10-7-12-13-8-10/h7-9H,2-6H2,1H3,(H,12,13)(H,14,16). The molecule has 2 heterocycles. The van der Waals surface area contributed by atoms with Crippen molar-refractivity contribution in [1.29, 1.82) is 0 Å². The fourth-order valence-electron chi connectivity index (χ4n) is 2.10. The van der Waals surface area contributed by atoms with Gasteiger partial charge in [-0.05, 0) is 12.8 Å². The predicted octanol–water partition coefficient (Wildman–Crippen LogP) is 0.0890. The minimum atomic E-state index is -3.45. The summed E-state index contributed by atoms with van der Waals surface area (Å²) < 4.78 is 25.9. The van der Waals surface area contributed by atoms with Crippen molar-refractivity contribution in [3.05, 3.63) is 12.4 Å². The number of H-pyrrole nitrogens is 1. The number of rotatable bonds is 4. The Labute approximate surface area is 112 Å². The molecule has 0 atom stereocenters. The summed E-state index contributed by atoms with van der Waals surface area (Å²) in [6, 6.07) is 0.0725. The second-order valence-corrected chi connectivity index (χ2v) is 6.47. The Bertz CT molecular complexity index is 518. The first-order valence-electron chi connectivity index (χ1n) is 6.32. The normalized spacial score (nSPS) is 18.4. The van der Waals surface area contributed by atoms with Crippen LogP contribution >= 0.6 is 0 Å². The molecule has 1 saturated heterocycles. The fourth-order valence-corrected chi connectivity index (χ4v) is 3.48. The average Bonchev–Trinajstić information content (AvgIpc) is 2.94. The van der Waals surface area contributed by atoms with Gasteiger partial charge in [0.15, 0.2) is 0 Å². The molecule has 8 heteroatoms. The molecule has 0 spiro atoms. The van der Waals surface area contributed by atoms with Crippen molar-refractivity contribution in [2.75, 3.05) is 13.1 Å². The lowest BCUT2D eigenvalue weighted by Crippen LogP contribution is -2.46. The number of amides is 1. The average molecular weight is 286 g/mol. The van der Waals surface area contributed by atoms with Crippen LogP contribution in [0.25, 0.3) is 0 Å². The molecule has 0 saturated carbocycles. The number of hydrogen-bond acceptors (Lipinski definition) is 4. The van der Waals surface area contributed by atoms with Gasteiger partial charge in [0.25, 0.3) is 0 Å². The molecule has 1 amide bonds. The Kier molecular flexibility index (Phi) is 4.20. The molecule has 0 aliphatic carbocycles. The first-order valence-corrected chi connectivity index (χ1v) is 7.76. The number of nitrogens with zero attached hydrogens (tertiary/aromatic N) is 2. The number of piperidine rings is 1. The van der Waals surface area contributed by atoms with Gasteiger partial charge in [0.1, 0.15) is 4.90 Å². The number of nitrogens with one attached hydrogen (secondary N) is 2. The Morgan fingerprint density at radius 2 is 2.21 bits per heavy atom. The van der Waals surface area contributed by atoms with Gasteiger partial charge in [0.05, 0.1) is 6.20 Å². The second kappa shape index (κ2) is 5.70. The van der Waals surface area contributed by atoms with E-state index >= 15 is 0 Å². The molecule has 2 N–H and O–H groups in total. The van der Waals surface area contributed by atoms with Gasteiger partial charge in [0.2, 0.25) is 15.9 Å². The minimum absolute atomic E-state index is 0.0103.